The van der Waals surface area contributed by atoms with Crippen molar-refractivity contribution in [2.24, 2.45) is 0 Å². The van der Waals surface area contributed by atoms with Gasteiger partial charge in [-0.05, 0) is 37.5 Å². The monoisotopic (exact) mass is 382 g/mol. The van der Waals surface area contributed by atoms with Crippen molar-refractivity contribution in [1.29, 1.82) is 0 Å². The van der Waals surface area contributed by atoms with Crippen molar-refractivity contribution in [3.05, 3.63) is 46.5 Å². The summed E-state index contributed by atoms with van der Waals surface area (Å²) >= 11 is 0. The molecule has 3 aromatic heterocycles. The van der Waals surface area contributed by atoms with Gasteiger partial charge in [0.05, 0.1) is 5.39 Å². The van der Waals surface area contributed by atoms with E-state index in [1.54, 1.807) is 31.5 Å². The largest absolute Gasteiger partial charge is 0.385 e. The number of pyridine rings is 1. The Kier molecular flexibility index (Phi) is 5.43. The lowest BCUT2D eigenvalue weighted by atomic mass is 9.95. The van der Waals surface area contributed by atoms with Crippen molar-refractivity contribution in [2.45, 2.75) is 51.1 Å². The summed E-state index contributed by atoms with van der Waals surface area (Å²) in [4.78, 5) is 30.7. The van der Waals surface area contributed by atoms with Crippen LogP contribution in [-0.4, -0.2) is 39.6 Å². The van der Waals surface area contributed by atoms with Gasteiger partial charge in [-0.15, -0.1) is 0 Å². The van der Waals surface area contributed by atoms with E-state index in [9.17, 15) is 9.59 Å². The summed E-state index contributed by atoms with van der Waals surface area (Å²) in [6.45, 7) is 1.15. The van der Waals surface area contributed by atoms with Crippen LogP contribution in [0.3, 0.4) is 0 Å². The molecule has 4 rings (SSSR count). The molecular weight excluding hydrogens is 356 g/mol. The van der Waals surface area contributed by atoms with E-state index in [1.165, 1.54) is 10.8 Å². The molecule has 7 nitrogen and oxygen atoms in total. The van der Waals surface area contributed by atoms with Crippen LogP contribution in [0, 0.1) is 0 Å². The average molecular weight is 382 g/mol. The van der Waals surface area contributed by atoms with Gasteiger partial charge in [-0.2, -0.15) is 0 Å². The van der Waals surface area contributed by atoms with Gasteiger partial charge in [0, 0.05) is 32.5 Å². The molecule has 0 spiro atoms. The van der Waals surface area contributed by atoms with Crippen LogP contribution in [-0.2, 0) is 11.3 Å². The number of carbonyl (C=O) groups excluding carboxylic acids is 1. The number of rotatable bonds is 6. The smallest absolute Gasteiger partial charge is 0.268 e. The molecule has 3 heterocycles. The molecule has 7 heteroatoms. The number of ether oxygens (including phenoxy) is 1. The minimum absolute atomic E-state index is 0.129. The van der Waals surface area contributed by atoms with Crippen LogP contribution in [0.15, 0.2) is 35.3 Å². The molecule has 0 saturated heterocycles. The molecule has 1 amide bonds. The maximum Gasteiger partial charge on any atom is 0.268 e. The highest BCUT2D eigenvalue weighted by Gasteiger charge is 2.22. The fourth-order valence-electron chi connectivity index (χ4n) is 4.04. The van der Waals surface area contributed by atoms with Gasteiger partial charge in [0.1, 0.15) is 17.0 Å². The van der Waals surface area contributed by atoms with Crippen LogP contribution in [0.25, 0.3) is 16.7 Å². The van der Waals surface area contributed by atoms with Gasteiger partial charge in [-0.25, -0.2) is 4.98 Å². The first-order valence-corrected chi connectivity index (χ1v) is 9.99. The number of amides is 1. The first-order valence-electron chi connectivity index (χ1n) is 9.99. The Hall–Kier alpha value is -2.67. The lowest BCUT2D eigenvalue weighted by Crippen LogP contribution is -2.37. The number of methoxy groups -OCH3 is 1. The Balaban J connectivity index is 1.77. The summed E-state index contributed by atoms with van der Waals surface area (Å²) in [6, 6.07) is 7.35. The van der Waals surface area contributed by atoms with Crippen molar-refractivity contribution in [3.8, 4) is 0 Å². The molecule has 1 aliphatic carbocycles. The summed E-state index contributed by atoms with van der Waals surface area (Å²) in [7, 11) is 1.66. The maximum atomic E-state index is 13.0. The first kappa shape index (κ1) is 18.7. The molecule has 0 radical (unpaired) electrons. The molecule has 1 N–H and O–H groups in total. The number of nitrogens with one attached hydrogen (secondary N) is 1. The van der Waals surface area contributed by atoms with Gasteiger partial charge in [0.2, 0.25) is 0 Å². The molecule has 0 unspecified atom stereocenters. The van der Waals surface area contributed by atoms with Crippen LogP contribution in [0.4, 0.5) is 0 Å². The zero-order valence-corrected chi connectivity index (χ0v) is 16.2. The summed E-state index contributed by atoms with van der Waals surface area (Å²) in [5.74, 6) is -0.129. The second kappa shape index (κ2) is 8.14. The van der Waals surface area contributed by atoms with Gasteiger partial charge in [-0.1, -0.05) is 25.3 Å². The van der Waals surface area contributed by atoms with Gasteiger partial charge in [-0.3, -0.25) is 14.0 Å². The van der Waals surface area contributed by atoms with Crippen LogP contribution in [0.2, 0.25) is 0 Å². The van der Waals surface area contributed by atoms with E-state index >= 15 is 0 Å². The van der Waals surface area contributed by atoms with Crippen molar-refractivity contribution in [3.63, 3.8) is 0 Å². The summed E-state index contributed by atoms with van der Waals surface area (Å²) in [5.41, 5.74) is 1.47. The molecule has 28 heavy (non-hydrogen) atoms. The molecule has 0 aromatic carbocycles. The Morgan fingerprint density at radius 2 is 2.11 bits per heavy atom. The maximum absolute atomic E-state index is 13.0. The molecule has 3 aromatic rings. The SMILES string of the molecule is COCCCn1c(C(=O)NC2CCCCC2)cc2c(=O)n3ccccc3nc21. The van der Waals surface area contributed by atoms with E-state index in [-0.39, 0.29) is 17.5 Å². The number of fused-ring (bicyclic) bond motifs is 2. The Morgan fingerprint density at radius 3 is 2.89 bits per heavy atom. The van der Waals surface area contributed by atoms with E-state index in [2.05, 4.69) is 10.3 Å². The quantitative estimate of drug-likeness (QED) is 0.665. The molecule has 1 saturated carbocycles. The minimum Gasteiger partial charge on any atom is -0.385 e. The Morgan fingerprint density at radius 1 is 1.29 bits per heavy atom. The lowest BCUT2D eigenvalue weighted by Gasteiger charge is -2.23. The zero-order valence-electron chi connectivity index (χ0n) is 16.2. The summed E-state index contributed by atoms with van der Waals surface area (Å²) < 4.78 is 8.55. The highest BCUT2D eigenvalue weighted by molar-refractivity contribution is 5.98. The number of nitrogens with zero attached hydrogens (tertiary/aromatic N) is 3. The Bertz CT molecular complexity index is 1050. The second-order valence-electron chi connectivity index (χ2n) is 7.42. The summed E-state index contributed by atoms with van der Waals surface area (Å²) in [6.07, 6.45) is 8.00. The van der Waals surface area contributed by atoms with Gasteiger partial charge in [0.25, 0.3) is 11.5 Å². The average Bonchev–Trinajstić information content (AvgIpc) is 3.08. The number of hydrogen-bond donors (Lipinski definition) is 1. The summed E-state index contributed by atoms with van der Waals surface area (Å²) in [5, 5.41) is 3.63. The molecular formula is C21H26N4O3. The third-order valence-corrected chi connectivity index (χ3v) is 5.48. The van der Waals surface area contributed by atoms with Crippen molar-refractivity contribution in [2.75, 3.05) is 13.7 Å². The number of hydrogen-bond acceptors (Lipinski definition) is 4. The van der Waals surface area contributed by atoms with Crippen LogP contribution in [0.1, 0.15) is 49.0 Å². The standard InChI is InChI=1S/C21H26N4O3/c1-28-13-7-12-24-17(20(26)22-15-8-3-2-4-9-15)14-16-19(24)23-18-10-5-6-11-25(18)21(16)27/h5-6,10-11,14-15H,2-4,7-9,12-13H2,1H3,(H,22,26). The zero-order chi connectivity index (χ0) is 19.5. The van der Waals surface area contributed by atoms with Crippen molar-refractivity contribution < 1.29 is 9.53 Å². The van der Waals surface area contributed by atoms with E-state index in [4.69, 9.17) is 4.74 Å². The van der Waals surface area contributed by atoms with E-state index in [0.717, 1.165) is 32.1 Å². The van der Waals surface area contributed by atoms with E-state index in [1.807, 2.05) is 10.6 Å². The highest BCUT2D eigenvalue weighted by Crippen LogP contribution is 2.20. The molecule has 0 atom stereocenters. The number of aryl methyl sites for hydroxylation is 1. The van der Waals surface area contributed by atoms with Crippen LogP contribution >= 0.6 is 0 Å². The van der Waals surface area contributed by atoms with Crippen molar-refractivity contribution >= 4 is 22.6 Å². The lowest BCUT2D eigenvalue weighted by molar-refractivity contribution is 0.0917. The molecule has 1 fully saturated rings. The minimum atomic E-state index is -0.155. The van der Waals surface area contributed by atoms with Crippen molar-refractivity contribution in [1.82, 2.24) is 19.3 Å². The van der Waals surface area contributed by atoms with E-state index in [0.29, 0.717) is 35.5 Å². The normalized spacial score (nSPS) is 15.3. The fraction of sp³-hybridized carbons (Fsp3) is 0.476. The molecule has 148 valence electrons. The second-order valence-corrected chi connectivity index (χ2v) is 7.42. The number of aromatic nitrogens is 3. The predicted octanol–water partition coefficient (Wildman–Crippen LogP) is 2.75. The van der Waals surface area contributed by atoms with Gasteiger partial charge in [0.15, 0.2) is 0 Å². The number of carbonyl (C=O) groups is 1. The fourth-order valence-corrected chi connectivity index (χ4v) is 4.04. The third-order valence-electron chi connectivity index (χ3n) is 5.48. The highest BCUT2D eigenvalue weighted by atomic mass is 16.5. The molecule has 1 aliphatic rings. The predicted molar refractivity (Wildman–Crippen MR) is 108 cm³/mol. The van der Waals surface area contributed by atoms with Gasteiger partial charge < -0.3 is 14.6 Å². The van der Waals surface area contributed by atoms with E-state index < -0.39 is 0 Å². The van der Waals surface area contributed by atoms with Crippen LogP contribution < -0.4 is 10.9 Å². The third kappa shape index (κ3) is 3.54. The first-order chi connectivity index (χ1) is 13.7. The van der Waals surface area contributed by atoms with Crippen LogP contribution in [0.5, 0.6) is 0 Å². The molecule has 0 bridgehead atoms. The van der Waals surface area contributed by atoms with Gasteiger partial charge >= 0.3 is 0 Å². The molecule has 0 aliphatic heterocycles. The Labute approximate surface area is 163 Å². The topological polar surface area (TPSA) is 77.6 Å².